The van der Waals surface area contributed by atoms with Gasteiger partial charge in [-0.3, -0.25) is 0 Å². The van der Waals surface area contributed by atoms with Crippen LogP contribution in [0.25, 0.3) is 6.08 Å². The van der Waals surface area contributed by atoms with Gasteiger partial charge in [-0.2, -0.15) is 0 Å². The third-order valence-electron chi connectivity index (χ3n) is 1.43. The molecule has 1 rings (SSSR count). The van der Waals surface area contributed by atoms with Gasteiger partial charge in [0.15, 0.2) is 5.69 Å². The van der Waals surface area contributed by atoms with Gasteiger partial charge < -0.3 is 14.8 Å². The second-order valence-electron chi connectivity index (χ2n) is 2.18. The number of carbonyl (C=O) groups excluding carboxylic acids is 1. The first-order valence-corrected chi connectivity index (χ1v) is 3.31. The van der Waals surface area contributed by atoms with Crippen LogP contribution in [0.15, 0.2) is 12.6 Å². The normalized spacial score (nSPS) is 9.42. The van der Waals surface area contributed by atoms with Gasteiger partial charge >= 0.3 is 5.97 Å². The van der Waals surface area contributed by atoms with Crippen LogP contribution in [0.1, 0.15) is 16.2 Å². The number of aromatic amines is 1. The zero-order chi connectivity index (χ0) is 9.14. The number of esters is 1. The minimum atomic E-state index is -0.597. The van der Waals surface area contributed by atoms with Crippen LogP contribution in [0.2, 0.25) is 0 Å². The van der Waals surface area contributed by atoms with E-state index >= 15 is 0 Å². The lowest BCUT2D eigenvalue weighted by molar-refractivity contribution is 0.0591. The molecular formula is C8H9NO3. The Kier molecular flexibility index (Phi) is 2.19. The summed E-state index contributed by atoms with van der Waals surface area (Å²) in [5.41, 5.74) is 0.625. The summed E-state index contributed by atoms with van der Waals surface area (Å²) in [4.78, 5) is 13.6. The summed E-state index contributed by atoms with van der Waals surface area (Å²) in [6.07, 6.45) is 1.49. The van der Waals surface area contributed by atoms with Crippen LogP contribution in [-0.4, -0.2) is 23.2 Å². The standard InChI is InChI=1S/C8H9NO3/c1-3-5-4-6(10)7(9-5)8(11)12-2/h3-4,9-10H,1H2,2H3. The number of H-pyrrole nitrogens is 1. The van der Waals surface area contributed by atoms with Crippen molar-refractivity contribution in [1.29, 1.82) is 0 Å². The van der Waals surface area contributed by atoms with Crippen LogP contribution in [0.4, 0.5) is 0 Å². The zero-order valence-corrected chi connectivity index (χ0v) is 6.63. The van der Waals surface area contributed by atoms with Crippen molar-refractivity contribution in [2.45, 2.75) is 0 Å². The van der Waals surface area contributed by atoms with Crippen molar-refractivity contribution in [2.75, 3.05) is 7.11 Å². The van der Waals surface area contributed by atoms with Crippen LogP contribution in [0, 0.1) is 0 Å². The lowest BCUT2D eigenvalue weighted by atomic mass is 10.4. The lowest BCUT2D eigenvalue weighted by Gasteiger charge is -1.94. The highest BCUT2D eigenvalue weighted by molar-refractivity contribution is 5.90. The van der Waals surface area contributed by atoms with E-state index in [4.69, 9.17) is 0 Å². The Morgan fingerprint density at radius 3 is 2.92 bits per heavy atom. The SMILES string of the molecule is C=Cc1cc(O)c(C(=O)OC)[nH]1. The smallest absolute Gasteiger partial charge is 0.358 e. The van der Waals surface area contributed by atoms with E-state index in [1.807, 2.05) is 0 Å². The third-order valence-corrected chi connectivity index (χ3v) is 1.43. The molecule has 0 unspecified atom stereocenters. The summed E-state index contributed by atoms with van der Waals surface area (Å²) in [6, 6.07) is 1.40. The molecule has 0 radical (unpaired) electrons. The Morgan fingerprint density at radius 1 is 1.83 bits per heavy atom. The van der Waals surface area contributed by atoms with Crippen molar-refractivity contribution < 1.29 is 14.6 Å². The molecule has 0 atom stereocenters. The molecule has 1 heterocycles. The largest absolute Gasteiger partial charge is 0.505 e. The summed E-state index contributed by atoms with van der Waals surface area (Å²) in [5, 5.41) is 9.18. The second-order valence-corrected chi connectivity index (χ2v) is 2.18. The molecule has 0 aliphatic carbocycles. The first-order chi connectivity index (χ1) is 5.69. The summed E-state index contributed by atoms with van der Waals surface area (Å²) in [7, 11) is 1.25. The van der Waals surface area contributed by atoms with Gasteiger partial charge in [0.05, 0.1) is 7.11 Å². The van der Waals surface area contributed by atoms with E-state index < -0.39 is 5.97 Å². The van der Waals surface area contributed by atoms with E-state index in [1.165, 1.54) is 19.3 Å². The Morgan fingerprint density at radius 2 is 2.50 bits per heavy atom. The molecule has 0 fully saturated rings. The summed E-state index contributed by atoms with van der Waals surface area (Å²) in [6.45, 7) is 3.48. The Balaban J connectivity index is 3.07. The van der Waals surface area contributed by atoms with Gasteiger partial charge in [-0.25, -0.2) is 4.79 Å². The number of ether oxygens (including phenoxy) is 1. The molecular weight excluding hydrogens is 158 g/mol. The van der Waals surface area contributed by atoms with E-state index in [-0.39, 0.29) is 11.4 Å². The molecule has 4 heteroatoms. The highest BCUT2D eigenvalue weighted by atomic mass is 16.5. The molecule has 0 spiro atoms. The molecule has 0 aromatic carbocycles. The molecule has 0 saturated heterocycles. The topological polar surface area (TPSA) is 62.3 Å². The maximum absolute atomic E-state index is 10.9. The number of methoxy groups -OCH3 is 1. The Labute approximate surface area is 69.5 Å². The fourth-order valence-electron chi connectivity index (χ4n) is 0.832. The van der Waals surface area contributed by atoms with Crippen molar-refractivity contribution in [1.82, 2.24) is 4.98 Å². The van der Waals surface area contributed by atoms with Crippen molar-refractivity contribution in [3.05, 3.63) is 24.0 Å². The van der Waals surface area contributed by atoms with E-state index in [2.05, 4.69) is 16.3 Å². The molecule has 0 aliphatic rings. The van der Waals surface area contributed by atoms with Gasteiger partial charge in [-0.15, -0.1) is 0 Å². The highest BCUT2D eigenvalue weighted by Crippen LogP contribution is 2.19. The van der Waals surface area contributed by atoms with Gasteiger partial charge in [0, 0.05) is 11.8 Å². The molecule has 0 saturated carbocycles. The van der Waals surface area contributed by atoms with E-state index in [1.54, 1.807) is 0 Å². The highest BCUT2D eigenvalue weighted by Gasteiger charge is 2.13. The van der Waals surface area contributed by atoms with Gasteiger partial charge in [0.25, 0.3) is 0 Å². The monoisotopic (exact) mass is 167 g/mol. The molecule has 1 aromatic rings. The van der Waals surface area contributed by atoms with Crippen LogP contribution in [-0.2, 0) is 4.74 Å². The van der Waals surface area contributed by atoms with Crippen LogP contribution >= 0.6 is 0 Å². The molecule has 1 aromatic heterocycles. The number of aromatic hydroxyl groups is 1. The van der Waals surface area contributed by atoms with Crippen molar-refractivity contribution in [3.8, 4) is 5.75 Å². The third kappa shape index (κ3) is 1.32. The first-order valence-electron chi connectivity index (χ1n) is 3.31. The molecule has 12 heavy (non-hydrogen) atoms. The van der Waals surface area contributed by atoms with Gasteiger partial charge in [-0.05, 0) is 6.08 Å². The molecule has 0 bridgehead atoms. The average molecular weight is 167 g/mol. The minimum absolute atomic E-state index is 0.0485. The fraction of sp³-hybridized carbons (Fsp3) is 0.125. The Hall–Kier alpha value is -1.71. The maximum atomic E-state index is 10.9. The molecule has 0 aliphatic heterocycles. The summed E-state index contributed by atoms with van der Waals surface area (Å²) < 4.78 is 4.41. The average Bonchev–Trinajstić information content (AvgIpc) is 2.45. The summed E-state index contributed by atoms with van der Waals surface area (Å²) >= 11 is 0. The van der Waals surface area contributed by atoms with Gasteiger partial charge in [-0.1, -0.05) is 6.58 Å². The number of rotatable bonds is 2. The molecule has 2 N–H and O–H groups in total. The minimum Gasteiger partial charge on any atom is -0.505 e. The van der Waals surface area contributed by atoms with Gasteiger partial charge in [0.1, 0.15) is 5.75 Å². The lowest BCUT2D eigenvalue weighted by Crippen LogP contribution is -2.01. The maximum Gasteiger partial charge on any atom is 0.358 e. The van der Waals surface area contributed by atoms with Crippen molar-refractivity contribution in [3.63, 3.8) is 0 Å². The molecule has 4 nitrogen and oxygen atoms in total. The van der Waals surface area contributed by atoms with E-state index in [0.29, 0.717) is 5.69 Å². The van der Waals surface area contributed by atoms with Crippen molar-refractivity contribution in [2.24, 2.45) is 0 Å². The van der Waals surface area contributed by atoms with Gasteiger partial charge in [0.2, 0.25) is 0 Å². The summed E-state index contributed by atoms with van der Waals surface area (Å²) in [5.74, 6) is -0.725. The quantitative estimate of drug-likeness (QED) is 0.649. The molecule has 0 amide bonds. The number of hydrogen-bond acceptors (Lipinski definition) is 3. The zero-order valence-electron chi connectivity index (χ0n) is 6.63. The Bertz CT molecular complexity index is 314. The first kappa shape index (κ1) is 8.39. The van der Waals surface area contributed by atoms with Crippen molar-refractivity contribution >= 4 is 12.0 Å². The van der Waals surface area contributed by atoms with Crippen LogP contribution in [0.3, 0.4) is 0 Å². The number of hydrogen-bond donors (Lipinski definition) is 2. The van der Waals surface area contributed by atoms with E-state index in [9.17, 15) is 9.90 Å². The van der Waals surface area contributed by atoms with Crippen LogP contribution < -0.4 is 0 Å². The molecule has 64 valence electrons. The predicted octanol–water partition coefficient (Wildman–Crippen LogP) is 1.15. The van der Waals surface area contributed by atoms with Crippen LogP contribution in [0.5, 0.6) is 5.75 Å². The predicted molar refractivity (Wildman–Crippen MR) is 43.9 cm³/mol. The fourth-order valence-corrected chi connectivity index (χ4v) is 0.832. The van der Waals surface area contributed by atoms with E-state index in [0.717, 1.165) is 0 Å². The number of nitrogens with one attached hydrogen (secondary N) is 1. The second kappa shape index (κ2) is 3.13. The number of aromatic nitrogens is 1. The number of carbonyl (C=O) groups is 1.